The zero-order chi connectivity index (χ0) is 19.1. The van der Waals surface area contributed by atoms with Gasteiger partial charge >= 0.3 is 6.61 Å². The van der Waals surface area contributed by atoms with Crippen molar-refractivity contribution in [3.8, 4) is 5.75 Å². The highest BCUT2D eigenvalue weighted by Crippen LogP contribution is 2.17. The molecule has 0 aromatic heterocycles. The Morgan fingerprint density at radius 1 is 1.15 bits per heavy atom. The van der Waals surface area contributed by atoms with E-state index in [9.17, 15) is 18.4 Å². The average molecular weight is 427 g/mol. The number of alkyl halides is 2. The third-order valence-corrected chi connectivity index (χ3v) is 4.01. The van der Waals surface area contributed by atoms with Crippen molar-refractivity contribution in [3.05, 3.63) is 64.1 Å². The number of ether oxygens (including phenoxy) is 1. The number of hydrogen-bond donors (Lipinski definition) is 2. The monoisotopic (exact) mass is 426 g/mol. The standard InChI is InChI=1S/C18H17BrF2N2O3/c1-11(12-5-7-14(19)8-6-12)23-16(24)10-22-17(25)13-3-2-4-15(9-13)26-18(20)21/h2-9,11,18H,10H2,1H3,(H,22,25)(H,23,24). The summed E-state index contributed by atoms with van der Waals surface area (Å²) in [6, 6.07) is 12.6. The molecule has 0 saturated carbocycles. The zero-order valence-electron chi connectivity index (χ0n) is 13.8. The Morgan fingerprint density at radius 3 is 2.50 bits per heavy atom. The van der Waals surface area contributed by atoms with Gasteiger partial charge in [-0.3, -0.25) is 9.59 Å². The first-order valence-electron chi connectivity index (χ1n) is 7.73. The van der Waals surface area contributed by atoms with Crippen LogP contribution in [0.15, 0.2) is 53.0 Å². The molecule has 1 unspecified atom stereocenters. The van der Waals surface area contributed by atoms with E-state index in [0.717, 1.165) is 10.0 Å². The third kappa shape index (κ3) is 6.11. The largest absolute Gasteiger partial charge is 0.435 e. The van der Waals surface area contributed by atoms with E-state index in [1.165, 1.54) is 24.3 Å². The van der Waals surface area contributed by atoms with Crippen molar-refractivity contribution in [2.75, 3.05) is 6.54 Å². The highest BCUT2D eigenvalue weighted by Gasteiger charge is 2.13. The van der Waals surface area contributed by atoms with Crippen molar-refractivity contribution in [2.45, 2.75) is 19.6 Å². The Bertz CT molecular complexity index is 769. The molecule has 0 saturated heterocycles. The van der Waals surface area contributed by atoms with Gasteiger partial charge in [-0.15, -0.1) is 0 Å². The lowest BCUT2D eigenvalue weighted by molar-refractivity contribution is -0.120. The lowest BCUT2D eigenvalue weighted by Crippen LogP contribution is -2.38. The molecule has 0 spiro atoms. The predicted molar refractivity (Wildman–Crippen MR) is 96.1 cm³/mol. The molecule has 2 rings (SSSR count). The molecule has 2 N–H and O–H groups in total. The van der Waals surface area contributed by atoms with Crippen LogP contribution < -0.4 is 15.4 Å². The van der Waals surface area contributed by atoms with Crippen LogP contribution in [0.2, 0.25) is 0 Å². The van der Waals surface area contributed by atoms with Crippen molar-refractivity contribution in [1.29, 1.82) is 0 Å². The number of benzene rings is 2. The molecular weight excluding hydrogens is 410 g/mol. The summed E-state index contributed by atoms with van der Waals surface area (Å²) in [4.78, 5) is 24.0. The summed E-state index contributed by atoms with van der Waals surface area (Å²) in [5, 5.41) is 5.21. The van der Waals surface area contributed by atoms with Crippen molar-refractivity contribution >= 4 is 27.7 Å². The van der Waals surface area contributed by atoms with Crippen LogP contribution in [0.1, 0.15) is 28.9 Å². The summed E-state index contributed by atoms with van der Waals surface area (Å²) in [5.74, 6) is -1.05. The topological polar surface area (TPSA) is 67.4 Å². The second-order valence-electron chi connectivity index (χ2n) is 5.43. The molecule has 138 valence electrons. The van der Waals surface area contributed by atoms with Gasteiger partial charge in [0.1, 0.15) is 5.75 Å². The molecular formula is C18H17BrF2N2O3. The van der Waals surface area contributed by atoms with Crippen molar-refractivity contribution in [2.24, 2.45) is 0 Å². The van der Waals surface area contributed by atoms with Crippen molar-refractivity contribution in [1.82, 2.24) is 10.6 Å². The number of halogens is 3. The number of nitrogens with one attached hydrogen (secondary N) is 2. The van der Waals surface area contributed by atoms with E-state index in [4.69, 9.17) is 0 Å². The van der Waals surface area contributed by atoms with Gasteiger partial charge in [-0.2, -0.15) is 8.78 Å². The van der Waals surface area contributed by atoms with Gasteiger partial charge in [0.15, 0.2) is 0 Å². The minimum Gasteiger partial charge on any atom is -0.435 e. The highest BCUT2D eigenvalue weighted by molar-refractivity contribution is 9.10. The minimum atomic E-state index is -2.97. The Morgan fingerprint density at radius 2 is 1.85 bits per heavy atom. The number of hydrogen-bond acceptors (Lipinski definition) is 3. The summed E-state index contributed by atoms with van der Waals surface area (Å²) in [5.41, 5.74) is 1.04. The van der Waals surface area contributed by atoms with Crippen LogP contribution in [-0.4, -0.2) is 25.0 Å². The molecule has 0 aliphatic heterocycles. The van der Waals surface area contributed by atoms with Crippen LogP contribution in [0.25, 0.3) is 0 Å². The fourth-order valence-electron chi connectivity index (χ4n) is 2.20. The van der Waals surface area contributed by atoms with E-state index in [1.807, 2.05) is 31.2 Å². The molecule has 0 fully saturated rings. The number of rotatable bonds is 7. The van der Waals surface area contributed by atoms with E-state index in [1.54, 1.807) is 0 Å². The molecule has 2 aromatic carbocycles. The number of carbonyl (C=O) groups excluding carboxylic acids is 2. The number of amides is 2. The van der Waals surface area contributed by atoms with Gasteiger partial charge in [0, 0.05) is 10.0 Å². The van der Waals surface area contributed by atoms with Crippen LogP contribution in [0.4, 0.5) is 8.78 Å². The summed E-state index contributed by atoms with van der Waals surface area (Å²) < 4.78 is 29.6. The maximum atomic E-state index is 12.2. The lowest BCUT2D eigenvalue weighted by Gasteiger charge is -2.15. The molecule has 2 amide bonds. The van der Waals surface area contributed by atoms with Crippen LogP contribution in [0, 0.1) is 0 Å². The van der Waals surface area contributed by atoms with E-state index >= 15 is 0 Å². The fraction of sp³-hybridized carbons (Fsp3) is 0.222. The van der Waals surface area contributed by atoms with E-state index < -0.39 is 12.5 Å². The second-order valence-corrected chi connectivity index (χ2v) is 6.35. The minimum absolute atomic E-state index is 0.122. The third-order valence-electron chi connectivity index (χ3n) is 3.48. The summed E-state index contributed by atoms with van der Waals surface area (Å²) in [6.07, 6.45) is 0. The van der Waals surface area contributed by atoms with Crippen LogP contribution in [-0.2, 0) is 4.79 Å². The molecule has 26 heavy (non-hydrogen) atoms. The SMILES string of the molecule is CC(NC(=O)CNC(=O)c1cccc(OC(F)F)c1)c1ccc(Br)cc1. The van der Waals surface area contributed by atoms with Crippen LogP contribution in [0.5, 0.6) is 5.75 Å². The van der Waals surface area contributed by atoms with Crippen molar-refractivity contribution < 1.29 is 23.1 Å². The molecule has 0 heterocycles. The Kier molecular flexibility index (Phi) is 7.08. The molecule has 0 aliphatic rings. The van der Waals surface area contributed by atoms with Gasteiger partial charge < -0.3 is 15.4 Å². The molecule has 0 bridgehead atoms. The van der Waals surface area contributed by atoms with E-state index in [2.05, 4.69) is 31.3 Å². The molecule has 0 radical (unpaired) electrons. The highest BCUT2D eigenvalue weighted by atomic mass is 79.9. The van der Waals surface area contributed by atoms with Crippen molar-refractivity contribution in [3.63, 3.8) is 0 Å². The Labute approximate surface area is 157 Å². The first-order valence-corrected chi connectivity index (χ1v) is 8.52. The Balaban J connectivity index is 1.86. The van der Waals surface area contributed by atoms with Gasteiger partial charge in [0.05, 0.1) is 12.6 Å². The second kappa shape index (κ2) is 9.28. The van der Waals surface area contributed by atoms with Gasteiger partial charge in [-0.1, -0.05) is 34.1 Å². The summed E-state index contributed by atoms with van der Waals surface area (Å²) in [6.45, 7) is -1.38. The van der Waals surface area contributed by atoms with Crippen LogP contribution >= 0.6 is 15.9 Å². The molecule has 0 aliphatic carbocycles. The molecule has 2 aromatic rings. The smallest absolute Gasteiger partial charge is 0.387 e. The van der Waals surface area contributed by atoms with Gasteiger partial charge in [-0.05, 0) is 42.8 Å². The first-order chi connectivity index (χ1) is 12.3. The summed E-state index contributed by atoms with van der Waals surface area (Å²) in [7, 11) is 0. The fourth-order valence-corrected chi connectivity index (χ4v) is 2.47. The maximum Gasteiger partial charge on any atom is 0.387 e. The molecule has 8 heteroatoms. The van der Waals surface area contributed by atoms with E-state index in [0.29, 0.717) is 0 Å². The maximum absolute atomic E-state index is 12.2. The van der Waals surface area contributed by atoms with Crippen LogP contribution in [0.3, 0.4) is 0 Å². The van der Waals surface area contributed by atoms with E-state index in [-0.39, 0.29) is 29.8 Å². The Hall–Kier alpha value is -2.48. The quantitative estimate of drug-likeness (QED) is 0.709. The lowest BCUT2D eigenvalue weighted by atomic mass is 10.1. The summed E-state index contributed by atoms with van der Waals surface area (Å²) >= 11 is 3.34. The number of carbonyl (C=O) groups is 2. The normalized spacial score (nSPS) is 11.7. The molecule has 1 atom stereocenters. The molecule has 5 nitrogen and oxygen atoms in total. The van der Waals surface area contributed by atoms with Gasteiger partial charge in [-0.25, -0.2) is 0 Å². The van der Waals surface area contributed by atoms with Gasteiger partial charge in [0.2, 0.25) is 5.91 Å². The average Bonchev–Trinajstić information content (AvgIpc) is 2.59. The van der Waals surface area contributed by atoms with Gasteiger partial charge in [0.25, 0.3) is 5.91 Å². The predicted octanol–water partition coefficient (Wildman–Crippen LogP) is 3.66. The zero-order valence-corrected chi connectivity index (χ0v) is 15.4. The first kappa shape index (κ1) is 19.8.